The molecule has 0 aliphatic carbocycles. The van der Waals surface area contributed by atoms with Crippen LogP contribution in [0.4, 0.5) is 29.1 Å². The first kappa shape index (κ1) is 22.8. The van der Waals surface area contributed by atoms with E-state index in [9.17, 15) is 22.4 Å². The van der Waals surface area contributed by atoms with Gasteiger partial charge in [0, 0.05) is 11.8 Å². The Balaban J connectivity index is 1.47. The quantitative estimate of drug-likeness (QED) is 0.360. The number of nitrogens with two attached hydrogens (primary N) is 1. The first-order valence-electron chi connectivity index (χ1n) is 10.1. The first-order valence-corrected chi connectivity index (χ1v) is 10.1. The number of nitrogens with zero attached hydrogens (tertiary/aromatic N) is 8. The number of imidazole rings is 1. The van der Waals surface area contributed by atoms with Gasteiger partial charge < -0.3 is 11.1 Å². The number of nitrogens with one attached hydrogen (secondary N) is 1. The average molecular weight is 498 g/mol. The third kappa shape index (κ3) is 4.06. The second-order valence-corrected chi connectivity index (χ2v) is 7.60. The lowest BCUT2D eigenvalue weighted by Gasteiger charge is -2.12. The number of carbonyl (C=O) groups is 1. The molecule has 4 aromatic heterocycles. The molecule has 0 spiro atoms. The summed E-state index contributed by atoms with van der Waals surface area (Å²) < 4.78 is 56.3. The van der Waals surface area contributed by atoms with Crippen LogP contribution in [0.2, 0.25) is 0 Å². The van der Waals surface area contributed by atoms with E-state index in [1.54, 1.807) is 19.3 Å². The lowest BCUT2D eigenvalue weighted by molar-refractivity contribution is -0.137. The largest absolute Gasteiger partial charge is 0.418 e. The number of carbonyl (C=O) groups excluding carboxylic acids is 1. The van der Waals surface area contributed by atoms with Gasteiger partial charge in [-0.1, -0.05) is 0 Å². The van der Waals surface area contributed by atoms with Crippen molar-refractivity contribution in [1.82, 2.24) is 39.6 Å². The number of anilines is 2. The number of aromatic nitrogens is 8. The Hall–Kier alpha value is -4.95. The Labute approximate surface area is 198 Å². The third-order valence-corrected chi connectivity index (χ3v) is 5.20. The molecule has 3 N–H and O–H groups in total. The number of benzene rings is 1. The van der Waals surface area contributed by atoms with Gasteiger partial charge in [0.25, 0.3) is 5.91 Å². The predicted octanol–water partition coefficient (Wildman–Crippen LogP) is 3.07. The third-order valence-electron chi connectivity index (χ3n) is 5.20. The van der Waals surface area contributed by atoms with Gasteiger partial charge in [0.2, 0.25) is 0 Å². The van der Waals surface area contributed by atoms with Crippen LogP contribution in [-0.4, -0.2) is 45.5 Å². The van der Waals surface area contributed by atoms with Gasteiger partial charge in [-0.15, -0.1) is 5.10 Å². The Morgan fingerprint density at radius 3 is 2.67 bits per heavy atom. The maximum Gasteiger partial charge on any atom is 0.418 e. The molecule has 0 radical (unpaired) electrons. The Bertz CT molecular complexity index is 1630. The van der Waals surface area contributed by atoms with Gasteiger partial charge in [-0.2, -0.15) is 28.5 Å². The highest BCUT2D eigenvalue weighted by molar-refractivity contribution is 6.03. The number of halogens is 4. The van der Waals surface area contributed by atoms with E-state index in [0.29, 0.717) is 40.4 Å². The van der Waals surface area contributed by atoms with Crippen LogP contribution in [0, 0.1) is 12.7 Å². The molecule has 0 aliphatic rings. The molecule has 0 saturated carbocycles. The van der Waals surface area contributed by atoms with Crippen molar-refractivity contribution in [2.24, 2.45) is 0 Å². The van der Waals surface area contributed by atoms with Gasteiger partial charge in [-0.25, -0.2) is 23.6 Å². The van der Waals surface area contributed by atoms with Crippen LogP contribution < -0.4 is 11.1 Å². The molecule has 0 bridgehead atoms. The van der Waals surface area contributed by atoms with E-state index in [-0.39, 0.29) is 11.5 Å². The number of rotatable bonds is 4. The number of aryl methyl sites for hydroxylation is 1. The van der Waals surface area contributed by atoms with E-state index in [0.717, 1.165) is 6.07 Å². The van der Waals surface area contributed by atoms with Crippen LogP contribution in [-0.2, 0) is 6.18 Å². The highest BCUT2D eigenvalue weighted by Gasteiger charge is 2.32. The number of hydrogen-bond acceptors (Lipinski definition) is 8. The molecule has 1 amide bonds. The van der Waals surface area contributed by atoms with Gasteiger partial charge in [-0.05, 0) is 30.7 Å². The SMILES string of the molecule is Cc1cc(F)c(NC(=O)c2cc(C(F)(F)F)cnn2)cc1-n1cc(-c2cnc3c(N)ncnn23)cn1. The molecule has 5 rings (SSSR count). The summed E-state index contributed by atoms with van der Waals surface area (Å²) in [6, 6.07) is 2.99. The summed E-state index contributed by atoms with van der Waals surface area (Å²) >= 11 is 0. The van der Waals surface area contributed by atoms with Crippen LogP contribution >= 0.6 is 0 Å². The van der Waals surface area contributed by atoms with Crippen molar-refractivity contribution in [3.63, 3.8) is 0 Å². The molecule has 15 heteroatoms. The molecule has 182 valence electrons. The van der Waals surface area contributed by atoms with Crippen molar-refractivity contribution in [2.75, 3.05) is 11.1 Å². The second kappa shape index (κ2) is 8.37. The van der Waals surface area contributed by atoms with Crippen LogP contribution in [0.15, 0.2) is 49.3 Å². The number of alkyl halides is 3. The van der Waals surface area contributed by atoms with Crippen LogP contribution in [0.1, 0.15) is 21.6 Å². The van der Waals surface area contributed by atoms with E-state index in [2.05, 4.69) is 35.7 Å². The summed E-state index contributed by atoms with van der Waals surface area (Å²) in [4.78, 5) is 20.6. The van der Waals surface area contributed by atoms with E-state index < -0.39 is 29.2 Å². The summed E-state index contributed by atoms with van der Waals surface area (Å²) in [5.74, 6) is -1.67. The van der Waals surface area contributed by atoms with E-state index in [1.807, 2.05) is 0 Å². The number of amides is 1. The van der Waals surface area contributed by atoms with Crippen molar-refractivity contribution in [3.8, 4) is 16.9 Å². The van der Waals surface area contributed by atoms with Gasteiger partial charge >= 0.3 is 6.18 Å². The molecule has 0 fully saturated rings. The molecule has 4 heterocycles. The minimum Gasteiger partial charge on any atom is -0.381 e. The van der Waals surface area contributed by atoms with Gasteiger partial charge in [-0.3, -0.25) is 4.79 Å². The van der Waals surface area contributed by atoms with Crippen molar-refractivity contribution < 1.29 is 22.4 Å². The fraction of sp³-hybridized carbons (Fsp3) is 0.0952. The summed E-state index contributed by atoms with van der Waals surface area (Å²) in [7, 11) is 0. The Morgan fingerprint density at radius 1 is 1.08 bits per heavy atom. The van der Waals surface area contributed by atoms with Crippen LogP contribution in [0.25, 0.3) is 22.6 Å². The number of hydrogen-bond donors (Lipinski definition) is 2. The molecule has 0 saturated heterocycles. The van der Waals surface area contributed by atoms with E-state index >= 15 is 0 Å². The second-order valence-electron chi connectivity index (χ2n) is 7.60. The topological polar surface area (TPSA) is 142 Å². The Morgan fingerprint density at radius 2 is 1.89 bits per heavy atom. The summed E-state index contributed by atoms with van der Waals surface area (Å²) in [5.41, 5.74) is 6.17. The molecule has 0 atom stereocenters. The fourth-order valence-electron chi connectivity index (χ4n) is 3.44. The van der Waals surface area contributed by atoms with Crippen molar-refractivity contribution >= 4 is 23.1 Å². The van der Waals surface area contributed by atoms with Gasteiger partial charge in [0.05, 0.1) is 41.2 Å². The minimum absolute atomic E-state index is 0.198. The van der Waals surface area contributed by atoms with Crippen molar-refractivity contribution in [3.05, 3.63) is 72.0 Å². The molecule has 5 aromatic rings. The zero-order valence-corrected chi connectivity index (χ0v) is 18.2. The minimum atomic E-state index is -4.72. The lowest BCUT2D eigenvalue weighted by atomic mass is 10.1. The van der Waals surface area contributed by atoms with E-state index in [4.69, 9.17) is 5.73 Å². The van der Waals surface area contributed by atoms with Gasteiger partial charge in [0.1, 0.15) is 12.1 Å². The molecule has 36 heavy (non-hydrogen) atoms. The summed E-state index contributed by atoms with van der Waals surface area (Å²) in [6.07, 6.45) is 1.75. The highest BCUT2D eigenvalue weighted by Crippen LogP contribution is 2.29. The average Bonchev–Trinajstić information content (AvgIpc) is 3.48. The highest BCUT2D eigenvalue weighted by atomic mass is 19.4. The zero-order chi connectivity index (χ0) is 25.6. The molecule has 1 aromatic carbocycles. The van der Waals surface area contributed by atoms with Crippen molar-refractivity contribution in [2.45, 2.75) is 13.1 Å². The maximum atomic E-state index is 14.6. The smallest absolute Gasteiger partial charge is 0.381 e. The zero-order valence-electron chi connectivity index (χ0n) is 18.2. The molecule has 11 nitrogen and oxygen atoms in total. The van der Waals surface area contributed by atoms with Crippen LogP contribution in [0.5, 0.6) is 0 Å². The molecule has 0 aliphatic heterocycles. The fourth-order valence-corrected chi connectivity index (χ4v) is 3.44. The van der Waals surface area contributed by atoms with Gasteiger partial charge in [0.15, 0.2) is 17.2 Å². The standard InChI is InChI=1S/C21H14F4N10O/c1-10-2-13(22)14(32-20(36)15-3-12(6-29-33-15)21(23,24)25)4-16(10)34-8-11(5-30-34)17-7-27-19-18(26)28-9-31-35(17)19/h2-9H,1H3,(H,32,36)(H2,26,28,31). The first-order chi connectivity index (χ1) is 17.1. The number of nitrogen functional groups attached to an aromatic ring is 1. The maximum absolute atomic E-state index is 14.6. The molecule has 0 unspecified atom stereocenters. The number of fused-ring (bicyclic) bond motifs is 1. The summed E-state index contributed by atoms with van der Waals surface area (Å²) in [6.45, 7) is 1.63. The Kier molecular flexibility index (Phi) is 5.31. The van der Waals surface area contributed by atoms with Crippen molar-refractivity contribution in [1.29, 1.82) is 0 Å². The molecular weight excluding hydrogens is 484 g/mol. The predicted molar refractivity (Wildman–Crippen MR) is 117 cm³/mol. The monoisotopic (exact) mass is 498 g/mol. The van der Waals surface area contributed by atoms with Crippen LogP contribution in [0.3, 0.4) is 0 Å². The van der Waals surface area contributed by atoms with E-state index in [1.165, 1.54) is 27.8 Å². The lowest BCUT2D eigenvalue weighted by Crippen LogP contribution is -2.17. The molecular formula is C21H14F4N10O. The normalized spacial score (nSPS) is 11.7. The summed E-state index contributed by atoms with van der Waals surface area (Å²) in [5, 5.41) is 17.3.